The van der Waals surface area contributed by atoms with Crippen LogP contribution in [0.5, 0.6) is 5.75 Å². The number of benzene rings is 2. The maximum atomic E-state index is 13.0. The third-order valence-corrected chi connectivity index (χ3v) is 5.02. The lowest BCUT2D eigenvalue weighted by Gasteiger charge is -2.02. The highest BCUT2D eigenvalue weighted by molar-refractivity contribution is 5.66. The van der Waals surface area contributed by atoms with E-state index in [0.29, 0.717) is 22.9 Å². The molecular weight excluding hydrogens is 394 g/mol. The largest absolute Gasteiger partial charge is 0.497 e. The summed E-state index contributed by atoms with van der Waals surface area (Å²) in [7, 11) is 1.61. The molecule has 0 fully saturated rings. The quantitative estimate of drug-likeness (QED) is 0.438. The zero-order valence-corrected chi connectivity index (χ0v) is 17.0. The van der Waals surface area contributed by atoms with Gasteiger partial charge in [0.2, 0.25) is 11.7 Å². The molecule has 0 spiro atoms. The summed E-state index contributed by atoms with van der Waals surface area (Å²) in [5.74, 6) is 1.58. The first-order valence-electron chi connectivity index (χ1n) is 9.73. The lowest BCUT2D eigenvalue weighted by atomic mass is 10.1. The van der Waals surface area contributed by atoms with E-state index in [1.165, 1.54) is 4.57 Å². The second-order valence-corrected chi connectivity index (χ2v) is 7.20. The fraction of sp³-hybridized carbons (Fsp3) is 0.130. The Bertz CT molecular complexity index is 1450. The molecule has 0 aliphatic heterocycles. The van der Waals surface area contributed by atoms with Crippen molar-refractivity contribution in [2.24, 2.45) is 0 Å². The van der Waals surface area contributed by atoms with Crippen molar-refractivity contribution in [1.29, 1.82) is 0 Å². The highest BCUT2D eigenvalue weighted by atomic mass is 16.5. The van der Waals surface area contributed by atoms with E-state index in [0.717, 1.165) is 22.4 Å². The number of aromatic nitrogens is 5. The smallest absolute Gasteiger partial charge is 0.277 e. The Hall–Kier alpha value is -4.20. The van der Waals surface area contributed by atoms with Crippen molar-refractivity contribution in [3.8, 4) is 28.4 Å². The number of aryl methyl sites for hydroxylation is 1. The topological polar surface area (TPSA) is 87.5 Å². The van der Waals surface area contributed by atoms with E-state index < -0.39 is 0 Å². The van der Waals surface area contributed by atoms with E-state index in [1.807, 2.05) is 55.5 Å². The van der Waals surface area contributed by atoms with Crippen LogP contribution in [0.2, 0.25) is 0 Å². The first kappa shape index (κ1) is 18.8. The summed E-state index contributed by atoms with van der Waals surface area (Å²) in [5, 5.41) is 8.56. The van der Waals surface area contributed by atoms with Crippen LogP contribution in [0.15, 0.2) is 76.3 Å². The zero-order chi connectivity index (χ0) is 21.4. The molecule has 0 aliphatic carbocycles. The van der Waals surface area contributed by atoms with Crippen LogP contribution in [0.3, 0.4) is 0 Å². The van der Waals surface area contributed by atoms with Crippen LogP contribution in [0.25, 0.3) is 28.2 Å². The molecule has 0 radical (unpaired) electrons. The Balaban J connectivity index is 1.46. The van der Waals surface area contributed by atoms with Crippen LogP contribution in [0.4, 0.5) is 0 Å². The molecule has 3 heterocycles. The van der Waals surface area contributed by atoms with Gasteiger partial charge in [-0.2, -0.15) is 10.1 Å². The van der Waals surface area contributed by atoms with Crippen molar-refractivity contribution in [2.75, 3.05) is 7.11 Å². The van der Waals surface area contributed by atoms with E-state index in [-0.39, 0.29) is 12.1 Å². The van der Waals surface area contributed by atoms with Crippen molar-refractivity contribution in [3.05, 3.63) is 88.8 Å². The van der Waals surface area contributed by atoms with Gasteiger partial charge in [0.25, 0.3) is 5.56 Å². The van der Waals surface area contributed by atoms with Gasteiger partial charge in [-0.3, -0.25) is 4.79 Å². The van der Waals surface area contributed by atoms with Gasteiger partial charge in [0.05, 0.1) is 12.8 Å². The molecule has 0 atom stereocenters. The fourth-order valence-corrected chi connectivity index (χ4v) is 3.44. The summed E-state index contributed by atoms with van der Waals surface area (Å²) in [5.41, 5.74) is 3.80. The van der Waals surface area contributed by atoms with Crippen LogP contribution < -0.4 is 10.3 Å². The van der Waals surface area contributed by atoms with E-state index in [1.54, 1.807) is 30.1 Å². The Morgan fingerprint density at radius 1 is 1.03 bits per heavy atom. The minimum atomic E-state index is -0.195. The standard InChI is InChI=1S/C23H19N5O3/c1-15-5-3-7-17(11-15)22-24-21(31-26-22)14-27-9-10-28-20(23(27)29)13-19(25-28)16-6-4-8-18(12-16)30-2/h3-13H,14H2,1-2H3. The summed E-state index contributed by atoms with van der Waals surface area (Å²) < 4.78 is 13.7. The predicted molar refractivity (Wildman–Crippen MR) is 115 cm³/mol. The van der Waals surface area contributed by atoms with Crippen LogP contribution in [0, 0.1) is 6.92 Å². The molecule has 31 heavy (non-hydrogen) atoms. The van der Waals surface area contributed by atoms with Crippen molar-refractivity contribution < 1.29 is 9.26 Å². The normalized spacial score (nSPS) is 11.2. The third kappa shape index (κ3) is 3.59. The molecule has 3 aromatic heterocycles. The molecule has 0 unspecified atom stereocenters. The van der Waals surface area contributed by atoms with Gasteiger partial charge < -0.3 is 13.8 Å². The Kier molecular flexibility index (Phi) is 4.59. The molecule has 154 valence electrons. The molecule has 0 bridgehead atoms. The summed E-state index contributed by atoms with van der Waals surface area (Å²) in [4.78, 5) is 17.4. The van der Waals surface area contributed by atoms with Crippen LogP contribution in [0.1, 0.15) is 11.5 Å². The first-order chi connectivity index (χ1) is 15.1. The van der Waals surface area contributed by atoms with Crippen molar-refractivity contribution in [3.63, 3.8) is 0 Å². The number of hydrogen-bond acceptors (Lipinski definition) is 6. The minimum Gasteiger partial charge on any atom is -0.497 e. The van der Waals surface area contributed by atoms with E-state index in [2.05, 4.69) is 15.2 Å². The number of methoxy groups -OCH3 is 1. The predicted octanol–water partition coefficient (Wildman–Crippen LogP) is 3.58. The van der Waals surface area contributed by atoms with Crippen LogP contribution >= 0.6 is 0 Å². The van der Waals surface area contributed by atoms with Gasteiger partial charge in [0.1, 0.15) is 17.8 Å². The number of nitrogens with zero attached hydrogens (tertiary/aromatic N) is 5. The van der Waals surface area contributed by atoms with Gasteiger partial charge in [-0.25, -0.2) is 4.52 Å². The fourth-order valence-electron chi connectivity index (χ4n) is 3.44. The molecule has 8 heteroatoms. The van der Waals surface area contributed by atoms with E-state index >= 15 is 0 Å². The van der Waals surface area contributed by atoms with Crippen molar-refractivity contribution in [2.45, 2.75) is 13.5 Å². The Labute approximate surface area is 177 Å². The lowest BCUT2D eigenvalue weighted by molar-refractivity contribution is 0.370. The number of fused-ring (bicyclic) bond motifs is 1. The number of rotatable bonds is 5. The summed E-state index contributed by atoms with van der Waals surface area (Å²) >= 11 is 0. The molecule has 0 aliphatic rings. The average Bonchev–Trinajstić information content (AvgIpc) is 3.44. The Morgan fingerprint density at radius 3 is 2.71 bits per heavy atom. The maximum Gasteiger partial charge on any atom is 0.277 e. The zero-order valence-electron chi connectivity index (χ0n) is 17.0. The summed E-state index contributed by atoms with van der Waals surface area (Å²) in [6, 6.07) is 17.2. The van der Waals surface area contributed by atoms with Crippen LogP contribution in [-0.2, 0) is 6.54 Å². The minimum absolute atomic E-state index is 0.174. The van der Waals surface area contributed by atoms with Crippen LogP contribution in [-0.4, -0.2) is 31.4 Å². The van der Waals surface area contributed by atoms with E-state index in [9.17, 15) is 4.79 Å². The molecule has 0 saturated carbocycles. The van der Waals surface area contributed by atoms with Gasteiger partial charge in [0, 0.05) is 23.5 Å². The molecular formula is C23H19N5O3. The van der Waals surface area contributed by atoms with Gasteiger partial charge in [-0.1, -0.05) is 41.1 Å². The first-order valence-corrected chi connectivity index (χ1v) is 9.73. The molecule has 0 amide bonds. The molecule has 5 rings (SSSR count). The van der Waals surface area contributed by atoms with Gasteiger partial charge in [0.15, 0.2) is 0 Å². The number of ether oxygens (including phenoxy) is 1. The average molecular weight is 413 g/mol. The van der Waals surface area contributed by atoms with Gasteiger partial charge in [-0.05, 0) is 31.2 Å². The molecule has 0 saturated heterocycles. The lowest BCUT2D eigenvalue weighted by Crippen LogP contribution is -2.21. The monoisotopic (exact) mass is 413 g/mol. The van der Waals surface area contributed by atoms with Crippen molar-refractivity contribution in [1.82, 2.24) is 24.3 Å². The summed E-state index contributed by atoms with van der Waals surface area (Å²) in [6.07, 6.45) is 3.40. The molecule has 8 nitrogen and oxygen atoms in total. The van der Waals surface area contributed by atoms with Gasteiger partial charge in [-0.15, -0.1) is 0 Å². The Morgan fingerprint density at radius 2 is 1.87 bits per heavy atom. The van der Waals surface area contributed by atoms with Crippen molar-refractivity contribution >= 4 is 5.52 Å². The van der Waals surface area contributed by atoms with Gasteiger partial charge >= 0.3 is 0 Å². The SMILES string of the molecule is COc1cccc(-c2cc3c(=O)n(Cc4nc(-c5cccc(C)c5)no4)ccn3n2)c1. The molecule has 2 aromatic carbocycles. The second kappa shape index (κ2) is 7.56. The third-order valence-electron chi connectivity index (χ3n) is 5.02. The second-order valence-electron chi connectivity index (χ2n) is 7.20. The molecule has 5 aromatic rings. The molecule has 0 N–H and O–H groups in total. The number of hydrogen-bond donors (Lipinski definition) is 0. The summed E-state index contributed by atoms with van der Waals surface area (Å²) in [6.45, 7) is 2.18. The van der Waals surface area contributed by atoms with E-state index in [4.69, 9.17) is 9.26 Å². The highest BCUT2D eigenvalue weighted by Gasteiger charge is 2.13. The maximum absolute atomic E-state index is 13.0. The highest BCUT2D eigenvalue weighted by Crippen LogP contribution is 2.23.